The summed E-state index contributed by atoms with van der Waals surface area (Å²) in [6, 6.07) is 8.85. The van der Waals surface area contributed by atoms with E-state index in [1.807, 2.05) is 32.0 Å². The molecule has 9 heteroatoms. The number of aromatic nitrogens is 4. The van der Waals surface area contributed by atoms with Gasteiger partial charge in [-0.15, -0.1) is 10.2 Å². The van der Waals surface area contributed by atoms with E-state index in [1.165, 1.54) is 10.6 Å². The largest absolute Gasteiger partial charge is 0.420 e. The van der Waals surface area contributed by atoms with Crippen molar-refractivity contribution in [1.82, 2.24) is 24.6 Å². The Labute approximate surface area is 174 Å². The molecule has 0 saturated carbocycles. The highest BCUT2D eigenvalue weighted by atomic mass is 16.4. The maximum Gasteiger partial charge on any atom is 0.251 e. The molecule has 30 heavy (non-hydrogen) atoms. The third-order valence-electron chi connectivity index (χ3n) is 5.08. The number of piperazine rings is 1. The van der Waals surface area contributed by atoms with Crippen LogP contribution in [0.15, 0.2) is 51.9 Å². The first-order valence-electron chi connectivity index (χ1n) is 9.99. The third kappa shape index (κ3) is 4.24. The molecule has 1 fully saturated rings. The van der Waals surface area contributed by atoms with Crippen molar-refractivity contribution < 1.29 is 9.21 Å². The number of hydrogen-bond acceptors (Lipinski definition) is 7. The summed E-state index contributed by atoms with van der Waals surface area (Å²) < 4.78 is 7.05. The van der Waals surface area contributed by atoms with Crippen LogP contribution in [0.3, 0.4) is 0 Å². The summed E-state index contributed by atoms with van der Waals surface area (Å²) in [5, 5.41) is 8.07. The molecule has 156 valence electrons. The Hall–Kier alpha value is -3.49. The van der Waals surface area contributed by atoms with Crippen molar-refractivity contribution in [3.8, 4) is 11.5 Å². The maximum atomic E-state index is 12.8. The number of nitrogens with zero attached hydrogens (tertiary/aromatic N) is 6. The zero-order chi connectivity index (χ0) is 21.1. The minimum absolute atomic E-state index is 0.0264. The average Bonchev–Trinajstić information content (AvgIpc) is 3.27. The fraction of sp³-hybridized carbons (Fsp3) is 0.381. The minimum atomic E-state index is -0.247. The van der Waals surface area contributed by atoms with Gasteiger partial charge < -0.3 is 18.8 Å². The van der Waals surface area contributed by atoms with Gasteiger partial charge in [0.25, 0.3) is 5.56 Å². The highest BCUT2D eigenvalue weighted by molar-refractivity contribution is 5.76. The lowest BCUT2D eigenvalue weighted by Crippen LogP contribution is -2.50. The van der Waals surface area contributed by atoms with Gasteiger partial charge in [-0.1, -0.05) is 19.9 Å². The molecule has 9 nitrogen and oxygen atoms in total. The summed E-state index contributed by atoms with van der Waals surface area (Å²) in [6.45, 7) is 6.49. The molecule has 3 aromatic heterocycles. The zero-order valence-electron chi connectivity index (χ0n) is 17.1. The van der Waals surface area contributed by atoms with Gasteiger partial charge in [0.15, 0.2) is 0 Å². The molecule has 0 N–H and O–H groups in total. The zero-order valence-corrected chi connectivity index (χ0v) is 17.1. The van der Waals surface area contributed by atoms with E-state index in [1.54, 1.807) is 23.4 Å². The molecular weight excluding hydrogens is 384 g/mol. The van der Waals surface area contributed by atoms with Crippen LogP contribution in [0.4, 0.5) is 5.82 Å². The topological polar surface area (TPSA) is 97.4 Å². The van der Waals surface area contributed by atoms with E-state index >= 15 is 0 Å². The van der Waals surface area contributed by atoms with Crippen LogP contribution >= 0.6 is 0 Å². The number of carbonyl (C=O) groups excluding carboxylic acids is 1. The van der Waals surface area contributed by atoms with Crippen LogP contribution in [-0.2, 0) is 11.3 Å². The van der Waals surface area contributed by atoms with Crippen molar-refractivity contribution in [3.63, 3.8) is 0 Å². The van der Waals surface area contributed by atoms with Crippen LogP contribution < -0.4 is 10.5 Å². The van der Waals surface area contributed by atoms with Gasteiger partial charge in [-0.05, 0) is 18.2 Å². The molecule has 1 aliphatic heterocycles. The van der Waals surface area contributed by atoms with Gasteiger partial charge in [0.2, 0.25) is 17.7 Å². The van der Waals surface area contributed by atoms with Gasteiger partial charge in [-0.3, -0.25) is 9.59 Å². The van der Waals surface area contributed by atoms with E-state index in [2.05, 4.69) is 20.1 Å². The maximum absolute atomic E-state index is 12.8. The van der Waals surface area contributed by atoms with Crippen molar-refractivity contribution in [2.75, 3.05) is 31.1 Å². The summed E-state index contributed by atoms with van der Waals surface area (Å²) in [4.78, 5) is 33.4. The fourth-order valence-electron chi connectivity index (χ4n) is 3.34. The van der Waals surface area contributed by atoms with Crippen LogP contribution in [0.25, 0.3) is 11.5 Å². The highest BCUT2D eigenvalue weighted by Gasteiger charge is 2.22. The molecule has 1 saturated heterocycles. The number of hydrogen-bond donors (Lipinski definition) is 0. The van der Waals surface area contributed by atoms with E-state index < -0.39 is 0 Å². The predicted molar refractivity (Wildman–Crippen MR) is 111 cm³/mol. The van der Waals surface area contributed by atoms with Crippen molar-refractivity contribution >= 4 is 11.7 Å². The molecule has 0 aliphatic carbocycles. The normalized spacial score (nSPS) is 14.4. The van der Waals surface area contributed by atoms with Gasteiger partial charge in [0, 0.05) is 50.6 Å². The molecule has 4 heterocycles. The summed E-state index contributed by atoms with van der Waals surface area (Å²) in [5.74, 6) is 1.80. The predicted octanol–water partition coefficient (Wildman–Crippen LogP) is 1.77. The van der Waals surface area contributed by atoms with E-state index in [4.69, 9.17) is 4.42 Å². The average molecular weight is 408 g/mol. The van der Waals surface area contributed by atoms with Crippen LogP contribution in [-0.4, -0.2) is 56.7 Å². The van der Waals surface area contributed by atoms with Crippen LogP contribution in [0.2, 0.25) is 0 Å². The second kappa shape index (κ2) is 8.48. The van der Waals surface area contributed by atoms with Gasteiger partial charge in [-0.25, -0.2) is 4.98 Å². The smallest absolute Gasteiger partial charge is 0.251 e. The molecule has 0 radical (unpaired) electrons. The number of pyridine rings is 2. The Morgan fingerprint density at radius 3 is 2.57 bits per heavy atom. The van der Waals surface area contributed by atoms with Gasteiger partial charge in [0.1, 0.15) is 12.4 Å². The van der Waals surface area contributed by atoms with Crippen molar-refractivity contribution in [2.45, 2.75) is 26.3 Å². The lowest BCUT2D eigenvalue weighted by Gasteiger charge is -2.35. The summed E-state index contributed by atoms with van der Waals surface area (Å²) in [5.41, 5.74) is 0.365. The molecule has 0 spiro atoms. The Morgan fingerprint density at radius 2 is 1.90 bits per heavy atom. The van der Waals surface area contributed by atoms with Crippen LogP contribution in [0, 0.1) is 0 Å². The Bertz CT molecular complexity index is 1070. The number of anilines is 1. The SMILES string of the molecule is CC(C)c1nnc(-c2ccc(=O)n(CC(=O)N3CCN(c4ccccn4)CC3)c2)o1. The van der Waals surface area contributed by atoms with E-state index in [-0.39, 0.29) is 23.9 Å². The van der Waals surface area contributed by atoms with Crippen molar-refractivity contribution in [1.29, 1.82) is 0 Å². The molecular formula is C21H24N6O3. The monoisotopic (exact) mass is 408 g/mol. The lowest BCUT2D eigenvalue weighted by atomic mass is 10.2. The highest BCUT2D eigenvalue weighted by Crippen LogP contribution is 2.20. The summed E-state index contributed by atoms with van der Waals surface area (Å²) in [7, 11) is 0. The van der Waals surface area contributed by atoms with Crippen LogP contribution in [0.1, 0.15) is 25.7 Å². The van der Waals surface area contributed by atoms with Crippen LogP contribution in [0.5, 0.6) is 0 Å². The molecule has 0 atom stereocenters. The molecule has 0 unspecified atom stereocenters. The summed E-state index contributed by atoms with van der Waals surface area (Å²) in [6.07, 6.45) is 3.36. The molecule has 3 aromatic rings. The van der Waals surface area contributed by atoms with Gasteiger partial charge in [-0.2, -0.15) is 0 Å². The standard InChI is InChI=1S/C21H24N6O3/c1-15(2)20-23-24-21(30-20)16-6-7-18(28)27(13-16)14-19(29)26-11-9-25(10-12-26)17-5-3-4-8-22-17/h3-8,13,15H,9-12,14H2,1-2H3. The minimum Gasteiger partial charge on any atom is -0.420 e. The lowest BCUT2D eigenvalue weighted by molar-refractivity contribution is -0.132. The quantitative estimate of drug-likeness (QED) is 0.635. The molecule has 4 rings (SSSR count). The van der Waals surface area contributed by atoms with Gasteiger partial charge >= 0.3 is 0 Å². The Balaban J connectivity index is 1.42. The molecule has 1 amide bonds. The second-order valence-electron chi connectivity index (χ2n) is 7.54. The Kier molecular flexibility index (Phi) is 5.60. The fourth-order valence-corrected chi connectivity index (χ4v) is 3.34. The van der Waals surface area contributed by atoms with E-state index in [0.29, 0.717) is 43.5 Å². The molecule has 0 aromatic carbocycles. The number of rotatable bonds is 5. The van der Waals surface area contributed by atoms with Crippen molar-refractivity contribution in [3.05, 3.63) is 59.0 Å². The first-order valence-corrected chi connectivity index (χ1v) is 9.99. The van der Waals surface area contributed by atoms with E-state index in [0.717, 1.165) is 5.82 Å². The number of carbonyl (C=O) groups is 1. The second-order valence-corrected chi connectivity index (χ2v) is 7.54. The van der Waals surface area contributed by atoms with Gasteiger partial charge in [0.05, 0.1) is 5.56 Å². The van der Waals surface area contributed by atoms with Crippen molar-refractivity contribution in [2.24, 2.45) is 0 Å². The molecule has 0 bridgehead atoms. The molecule has 1 aliphatic rings. The first kappa shape index (κ1) is 19.8. The first-order chi connectivity index (χ1) is 14.5. The Morgan fingerprint density at radius 1 is 1.10 bits per heavy atom. The summed E-state index contributed by atoms with van der Waals surface area (Å²) >= 11 is 0. The van der Waals surface area contributed by atoms with E-state index in [9.17, 15) is 9.59 Å². The number of amides is 1. The third-order valence-corrected chi connectivity index (χ3v) is 5.08.